The van der Waals surface area contributed by atoms with E-state index in [2.05, 4.69) is 14.4 Å². The molecule has 0 amide bonds. The van der Waals surface area contributed by atoms with Crippen LogP contribution in [0.5, 0.6) is 0 Å². The molecule has 0 spiro atoms. The van der Waals surface area contributed by atoms with Crippen molar-refractivity contribution in [2.45, 2.75) is 0 Å². The largest absolute Gasteiger partial charge is 0.419 e. The van der Waals surface area contributed by atoms with E-state index < -0.39 is 11.4 Å². The fourth-order valence-electron chi connectivity index (χ4n) is 1.66. The van der Waals surface area contributed by atoms with Gasteiger partial charge in [-0.05, 0) is 18.2 Å². The lowest BCUT2D eigenvalue weighted by Gasteiger charge is -2.02. The average molecular weight is 229 g/mol. The first-order valence-corrected chi connectivity index (χ1v) is 4.89. The zero-order chi connectivity index (χ0) is 11.8. The summed E-state index contributed by atoms with van der Waals surface area (Å²) < 4.78 is 6.21. The second-order valence-corrected chi connectivity index (χ2v) is 3.50. The van der Waals surface area contributed by atoms with Gasteiger partial charge in [-0.2, -0.15) is 0 Å². The van der Waals surface area contributed by atoms with E-state index in [1.807, 2.05) is 0 Å². The number of fused-ring (bicyclic) bond motifs is 1. The van der Waals surface area contributed by atoms with Crippen molar-refractivity contribution in [3.8, 4) is 5.69 Å². The number of aromatic amines is 1. The minimum absolute atomic E-state index is 0.341. The summed E-state index contributed by atoms with van der Waals surface area (Å²) in [5.74, 6) is -0.759. The highest BCUT2D eigenvalue weighted by Gasteiger charge is 2.04. The van der Waals surface area contributed by atoms with Crippen LogP contribution in [-0.2, 0) is 0 Å². The Morgan fingerprint density at radius 3 is 2.94 bits per heavy atom. The maximum Gasteiger partial charge on any atom is 0.419 e. The van der Waals surface area contributed by atoms with E-state index >= 15 is 0 Å². The molecule has 0 unspecified atom stereocenters. The summed E-state index contributed by atoms with van der Waals surface area (Å²) in [6.07, 6.45) is 5.04. The lowest BCUT2D eigenvalue weighted by Crippen LogP contribution is -2.14. The number of H-pyrrole nitrogens is 1. The summed E-state index contributed by atoms with van der Waals surface area (Å²) in [5, 5.41) is 0.341. The van der Waals surface area contributed by atoms with Crippen molar-refractivity contribution in [2.24, 2.45) is 0 Å². The van der Waals surface area contributed by atoms with Crippen LogP contribution in [0.1, 0.15) is 0 Å². The van der Waals surface area contributed by atoms with Gasteiger partial charge in [0.25, 0.3) is 0 Å². The molecule has 1 aromatic carbocycles. The number of imidazole rings is 1. The van der Waals surface area contributed by atoms with Gasteiger partial charge < -0.3 is 8.98 Å². The standard InChI is InChI=1S/C11H7N3O3/c15-10-8-2-1-7(14-4-3-12-6-14)5-9(8)13-11(16)17-10/h1-6H,(H,13,16). The van der Waals surface area contributed by atoms with Crippen LogP contribution in [0.15, 0.2) is 50.9 Å². The lowest BCUT2D eigenvalue weighted by atomic mass is 10.2. The third kappa shape index (κ3) is 1.55. The van der Waals surface area contributed by atoms with Gasteiger partial charge in [0.05, 0.1) is 17.2 Å². The first-order chi connectivity index (χ1) is 8.24. The average Bonchev–Trinajstić information content (AvgIpc) is 2.81. The topological polar surface area (TPSA) is 80.9 Å². The van der Waals surface area contributed by atoms with Crippen LogP contribution in [0.25, 0.3) is 16.6 Å². The summed E-state index contributed by atoms with van der Waals surface area (Å²) in [5.41, 5.74) is 0.606. The van der Waals surface area contributed by atoms with Crippen LogP contribution >= 0.6 is 0 Å². The highest BCUT2D eigenvalue weighted by atomic mass is 16.4. The van der Waals surface area contributed by atoms with Gasteiger partial charge in [0.2, 0.25) is 0 Å². The Morgan fingerprint density at radius 1 is 1.29 bits per heavy atom. The Kier molecular flexibility index (Phi) is 1.94. The molecular weight excluding hydrogens is 222 g/mol. The molecule has 6 nitrogen and oxygen atoms in total. The normalized spacial score (nSPS) is 10.8. The predicted molar refractivity (Wildman–Crippen MR) is 60.2 cm³/mol. The first kappa shape index (κ1) is 9.59. The highest BCUT2D eigenvalue weighted by molar-refractivity contribution is 5.78. The molecule has 1 N–H and O–H groups in total. The Labute approximate surface area is 94.2 Å². The molecular formula is C11H7N3O3. The molecule has 0 fully saturated rings. The molecule has 0 bridgehead atoms. The first-order valence-electron chi connectivity index (χ1n) is 4.89. The summed E-state index contributed by atoms with van der Waals surface area (Å²) in [6.45, 7) is 0. The summed E-state index contributed by atoms with van der Waals surface area (Å²) in [7, 11) is 0. The van der Waals surface area contributed by atoms with Gasteiger partial charge in [-0.1, -0.05) is 0 Å². The lowest BCUT2D eigenvalue weighted by molar-refractivity contribution is 0.460. The van der Waals surface area contributed by atoms with Crippen molar-refractivity contribution in [3.63, 3.8) is 0 Å². The number of rotatable bonds is 1. The number of hydrogen-bond acceptors (Lipinski definition) is 4. The SMILES string of the molecule is O=c1[nH]c2cc(-n3ccnc3)ccc2c(=O)o1. The predicted octanol–water partition coefficient (Wildman–Crippen LogP) is 0.667. The van der Waals surface area contributed by atoms with Crippen molar-refractivity contribution in [2.75, 3.05) is 0 Å². The summed E-state index contributed by atoms with van der Waals surface area (Å²) in [6, 6.07) is 5.04. The van der Waals surface area contributed by atoms with Crippen LogP contribution in [-0.4, -0.2) is 14.5 Å². The van der Waals surface area contributed by atoms with E-state index in [0.717, 1.165) is 5.69 Å². The third-order valence-corrected chi connectivity index (χ3v) is 2.45. The Bertz CT molecular complexity index is 784. The van der Waals surface area contributed by atoms with Crippen molar-refractivity contribution in [1.29, 1.82) is 0 Å². The van der Waals surface area contributed by atoms with E-state index in [1.165, 1.54) is 0 Å². The van der Waals surface area contributed by atoms with Crippen molar-refractivity contribution in [1.82, 2.24) is 14.5 Å². The molecule has 0 aliphatic carbocycles. The molecule has 0 saturated heterocycles. The van der Waals surface area contributed by atoms with E-state index in [1.54, 1.807) is 41.5 Å². The molecule has 0 saturated carbocycles. The monoisotopic (exact) mass is 229 g/mol. The number of hydrogen-bond donors (Lipinski definition) is 1. The summed E-state index contributed by atoms with van der Waals surface area (Å²) in [4.78, 5) is 28.9. The van der Waals surface area contributed by atoms with Gasteiger partial charge in [0.15, 0.2) is 0 Å². The second-order valence-electron chi connectivity index (χ2n) is 3.50. The minimum Gasteiger partial charge on any atom is -0.372 e. The molecule has 2 aromatic heterocycles. The van der Waals surface area contributed by atoms with Crippen LogP contribution in [0.2, 0.25) is 0 Å². The molecule has 3 rings (SSSR count). The molecule has 2 heterocycles. The van der Waals surface area contributed by atoms with Gasteiger partial charge in [-0.15, -0.1) is 0 Å². The van der Waals surface area contributed by atoms with Gasteiger partial charge >= 0.3 is 11.4 Å². The molecule has 84 valence electrons. The van der Waals surface area contributed by atoms with Crippen molar-refractivity contribution in [3.05, 3.63) is 57.9 Å². The zero-order valence-corrected chi connectivity index (χ0v) is 8.58. The quantitative estimate of drug-likeness (QED) is 0.664. The fraction of sp³-hybridized carbons (Fsp3) is 0. The molecule has 0 radical (unpaired) electrons. The van der Waals surface area contributed by atoms with E-state index in [4.69, 9.17) is 0 Å². The van der Waals surface area contributed by atoms with Crippen molar-refractivity contribution >= 4 is 10.9 Å². The van der Waals surface area contributed by atoms with Gasteiger partial charge in [0, 0.05) is 18.1 Å². The Hall–Kier alpha value is -2.63. The molecule has 0 atom stereocenters. The minimum atomic E-state index is -0.759. The van der Waals surface area contributed by atoms with Gasteiger partial charge in [0.1, 0.15) is 0 Å². The second kappa shape index (κ2) is 3.44. The molecule has 0 aliphatic rings. The number of benzene rings is 1. The van der Waals surface area contributed by atoms with E-state index in [0.29, 0.717) is 10.9 Å². The van der Waals surface area contributed by atoms with Crippen LogP contribution in [0.4, 0.5) is 0 Å². The number of nitrogens with zero attached hydrogens (tertiary/aromatic N) is 2. The van der Waals surface area contributed by atoms with E-state index in [9.17, 15) is 9.59 Å². The maximum atomic E-state index is 11.4. The van der Waals surface area contributed by atoms with Crippen LogP contribution in [0.3, 0.4) is 0 Å². The fourth-order valence-corrected chi connectivity index (χ4v) is 1.66. The zero-order valence-electron chi connectivity index (χ0n) is 8.58. The Balaban J connectivity index is 2.33. The van der Waals surface area contributed by atoms with Crippen LogP contribution < -0.4 is 11.4 Å². The molecule has 0 aliphatic heterocycles. The highest BCUT2D eigenvalue weighted by Crippen LogP contribution is 2.12. The third-order valence-electron chi connectivity index (χ3n) is 2.45. The molecule has 17 heavy (non-hydrogen) atoms. The van der Waals surface area contributed by atoms with Gasteiger partial charge in [-0.3, -0.25) is 4.98 Å². The van der Waals surface area contributed by atoms with Gasteiger partial charge in [-0.25, -0.2) is 14.6 Å². The molecule has 6 heteroatoms. The number of aromatic nitrogens is 3. The van der Waals surface area contributed by atoms with E-state index in [-0.39, 0.29) is 0 Å². The number of nitrogens with one attached hydrogen (secondary N) is 1. The molecule has 3 aromatic rings. The van der Waals surface area contributed by atoms with Crippen molar-refractivity contribution < 1.29 is 4.42 Å². The smallest absolute Gasteiger partial charge is 0.372 e. The Morgan fingerprint density at radius 2 is 2.18 bits per heavy atom. The summed E-state index contributed by atoms with van der Waals surface area (Å²) >= 11 is 0. The maximum absolute atomic E-state index is 11.4. The van der Waals surface area contributed by atoms with Crippen LogP contribution in [0, 0.1) is 0 Å².